The highest BCUT2D eigenvalue weighted by Gasteiger charge is 2.35. The summed E-state index contributed by atoms with van der Waals surface area (Å²) >= 11 is 0. The Hall–Kier alpha value is -2.87. The number of hydrogen-bond acceptors (Lipinski definition) is 7. The number of nitrogens with two attached hydrogens (primary N) is 1. The second-order valence-electron chi connectivity index (χ2n) is 7.87. The van der Waals surface area contributed by atoms with Crippen molar-refractivity contribution in [3.63, 3.8) is 0 Å². The van der Waals surface area contributed by atoms with Gasteiger partial charge in [-0.2, -0.15) is 17.2 Å². The van der Waals surface area contributed by atoms with E-state index in [1.807, 2.05) is 16.8 Å². The van der Waals surface area contributed by atoms with Crippen molar-refractivity contribution in [1.82, 2.24) is 19.3 Å². The lowest BCUT2D eigenvalue weighted by molar-refractivity contribution is -0.0504. The molecule has 13 heteroatoms. The fourth-order valence-corrected chi connectivity index (χ4v) is 4.64. The minimum atomic E-state index is -3.83. The maximum Gasteiger partial charge on any atom is 0.387 e. The molecule has 33 heavy (non-hydrogen) atoms. The molecule has 4 rings (SSSR count). The minimum Gasteiger partial charge on any atom is -0.434 e. The average Bonchev–Trinajstić information content (AvgIpc) is 3.34. The van der Waals surface area contributed by atoms with E-state index in [2.05, 4.69) is 24.7 Å². The molecule has 1 saturated carbocycles. The maximum atomic E-state index is 12.7. The number of anilines is 1. The number of ether oxygens (including phenoxy) is 1. The van der Waals surface area contributed by atoms with Gasteiger partial charge >= 0.3 is 6.61 Å². The van der Waals surface area contributed by atoms with Crippen molar-refractivity contribution < 1.29 is 27.0 Å². The molecule has 178 valence electrons. The van der Waals surface area contributed by atoms with Gasteiger partial charge in [-0.3, -0.25) is 0 Å². The van der Waals surface area contributed by atoms with Crippen LogP contribution in [0.4, 0.5) is 14.6 Å². The lowest BCUT2D eigenvalue weighted by atomic mass is 10.1. The van der Waals surface area contributed by atoms with Crippen LogP contribution in [0.5, 0.6) is 5.75 Å². The normalized spacial score (nSPS) is 21.1. The number of para-hydroxylation sites is 1. The van der Waals surface area contributed by atoms with E-state index in [1.54, 1.807) is 18.2 Å². The summed E-state index contributed by atoms with van der Waals surface area (Å²) in [4.78, 5) is 8.64. The first kappa shape index (κ1) is 23.3. The minimum absolute atomic E-state index is 0.0532. The van der Waals surface area contributed by atoms with Crippen molar-refractivity contribution in [3.05, 3.63) is 48.4 Å². The summed E-state index contributed by atoms with van der Waals surface area (Å²) in [7, 11) is -3.83. The van der Waals surface area contributed by atoms with Crippen LogP contribution in [0.2, 0.25) is 0 Å². The van der Waals surface area contributed by atoms with E-state index in [1.165, 1.54) is 12.4 Å². The molecule has 1 aliphatic carbocycles. The van der Waals surface area contributed by atoms with E-state index < -0.39 is 22.9 Å². The number of fused-ring (bicyclic) bond motifs is 1. The molecule has 5 N–H and O–H groups in total. The third kappa shape index (κ3) is 5.55. The molecule has 0 bridgehead atoms. The number of hydrogen-bond donors (Lipinski definition) is 4. The van der Waals surface area contributed by atoms with Crippen molar-refractivity contribution in [2.75, 3.05) is 11.9 Å². The standard InChI is InChI=1S/C20H24F2N6O4S/c21-20(22)32-17-4-2-1-3-12(17)9-24-18-15-5-6-28(19(15)26-11-25-18)14-7-13(16(29)8-14)10-27-33(23,30)31/h1-6,11,13-14,16,20,27,29H,7-10H2,(H2,23,30,31)(H,24,25,26)/t13-,14+,16-/m0/s1. The predicted molar refractivity (Wildman–Crippen MR) is 117 cm³/mol. The summed E-state index contributed by atoms with van der Waals surface area (Å²) in [6.07, 6.45) is 3.52. The first-order valence-electron chi connectivity index (χ1n) is 10.2. The number of rotatable bonds is 9. The monoisotopic (exact) mass is 482 g/mol. The highest BCUT2D eigenvalue weighted by molar-refractivity contribution is 7.87. The van der Waals surface area contributed by atoms with E-state index in [-0.39, 0.29) is 30.8 Å². The molecule has 3 atom stereocenters. The van der Waals surface area contributed by atoms with Gasteiger partial charge in [-0.15, -0.1) is 0 Å². The van der Waals surface area contributed by atoms with E-state index in [9.17, 15) is 22.3 Å². The Balaban J connectivity index is 1.50. The summed E-state index contributed by atoms with van der Waals surface area (Å²) < 4.78 is 56.4. The van der Waals surface area contributed by atoms with E-state index in [0.717, 1.165) is 5.39 Å². The third-order valence-corrected chi connectivity index (χ3v) is 6.29. The Morgan fingerprint density at radius 1 is 1.24 bits per heavy atom. The average molecular weight is 483 g/mol. The first-order chi connectivity index (χ1) is 15.7. The van der Waals surface area contributed by atoms with Gasteiger partial charge in [0.05, 0.1) is 11.5 Å². The maximum absolute atomic E-state index is 12.7. The van der Waals surface area contributed by atoms with Crippen molar-refractivity contribution in [2.45, 2.75) is 38.1 Å². The van der Waals surface area contributed by atoms with Gasteiger partial charge in [-0.05, 0) is 25.0 Å². The number of aliphatic hydroxyl groups is 1. The number of aliphatic hydroxyl groups excluding tert-OH is 1. The Labute approximate surface area is 189 Å². The molecule has 10 nitrogen and oxygen atoms in total. The van der Waals surface area contributed by atoms with Crippen LogP contribution in [0.1, 0.15) is 24.4 Å². The van der Waals surface area contributed by atoms with Crippen LogP contribution in [0.25, 0.3) is 11.0 Å². The van der Waals surface area contributed by atoms with Gasteiger partial charge < -0.3 is 19.7 Å². The van der Waals surface area contributed by atoms with Crippen molar-refractivity contribution in [1.29, 1.82) is 0 Å². The number of aromatic nitrogens is 3. The Morgan fingerprint density at radius 2 is 2.03 bits per heavy atom. The van der Waals surface area contributed by atoms with Crippen molar-refractivity contribution in [3.8, 4) is 5.75 Å². The van der Waals surface area contributed by atoms with Gasteiger partial charge in [-0.1, -0.05) is 18.2 Å². The molecule has 0 spiro atoms. The Morgan fingerprint density at radius 3 is 2.79 bits per heavy atom. The molecule has 0 unspecified atom stereocenters. The predicted octanol–water partition coefficient (Wildman–Crippen LogP) is 1.75. The number of benzene rings is 1. The van der Waals surface area contributed by atoms with Crippen LogP contribution < -0.4 is 19.9 Å². The molecule has 3 aromatic rings. The van der Waals surface area contributed by atoms with Gasteiger partial charge in [0.15, 0.2) is 0 Å². The zero-order valence-electron chi connectivity index (χ0n) is 17.4. The zero-order valence-corrected chi connectivity index (χ0v) is 18.3. The van der Waals surface area contributed by atoms with Gasteiger partial charge in [0.1, 0.15) is 23.5 Å². The number of nitrogens with zero attached hydrogens (tertiary/aromatic N) is 3. The van der Waals surface area contributed by atoms with Gasteiger partial charge in [0.25, 0.3) is 10.2 Å². The van der Waals surface area contributed by atoms with Crippen LogP contribution in [0.15, 0.2) is 42.9 Å². The lowest BCUT2D eigenvalue weighted by Gasteiger charge is -2.15. The number of nitrogens with one attached hydrogen (secondary N) is 2. The van der Waals surface area contributed by atoms with Crippen LogP contribution in [-0.2, 0) is 16.8 Å². The number of alkyl halides is 2. The SMILES string of the molecule is NS(=O)(=O)NC[C@@H]1C[C@@H](n2ccc3c(NCc4ccccc4OC(F)F)ncnc32)C[C@@H]1O. The van der Waals surface area contributed by atoms with Crippen LogP contribution >= 0.6 is 0 Å². The molecule has 2 aromatic heterocycles. The molecule has 1 aromatic carbocycles. The van der Waals surface area contributed by atoms with E-state index in [0.29, 0.717) is 29.9 Å². The highest BCUT2D eigenvalue weighted by atomic mass is 32.2. The summed E-state index contributed by atoms with van der Waals surface area (Å²) in [6, 6.07) is 8.25. The van der Waals surface area contributed by atoms with E-state index in [4.69, 9.17) is 5.14 Å². The van der Waals surface area contributed by atoms with Crippen LogP contribution in [-0.4, -0.2) is 47.3 Å². The van der Waals surface area contributed by atoms with Crippen molar-refractivity contribution in [2.24, 2.45) is 11.1 Å². The van der Waals surface area contributed by atoms with Crippen LogP contribution in [0.3, 0.4) is 0 Å². The fraction of sp³-hybridized carbons (Fsp3) is 0.400. The first-order valence-corrected chi connectivity index (χ1v) is 11.8. The fourth-order valence-electron chi connectivity index (χ4n) is 4.19. The lowest BCUT2D eigenvalue weighted by Crippen LogP contribution is -2.36. The van der Waals surface area contributed by atoms with Gasteiger partial charge in [-0.25, -0.2) is 19.8 Å². The molecule has 1 aliphatic rings. The molecule has 0 amide bonds. The Bertz CT molecular complexity index is 1220. The summed E-state index contributed by atoms with van der Waals surface area (Å²) in [5.74, 6) is 0.329. The molecular formula is C20H24F2N6O4S. The summed E-state index contributed by atoms with van der Waals surface area (Å²) in [5.41, 5.74) is 1.19. The molecule has 2 heterocycles. The largest absolute Gasteiger partial charge is 0.434 e. The molecular weight excluding hydrogens is 458 g/mol. The van der Waals surface area contributed by atoms with Gasteiger partial charge in [0, 0.05) is 36.8 Å². The zero-order chi connectivity index (χ0) is 23.6. The highest BCUT2D eigenvalue weighted by Crippen LogP contribution is 2.37. The second kappa shape index (κ2) is 9.55. The van der Waals surface area contributed by atoms with Crippen LogP contribution in [0, 0.1) is 5.92 Å². The molecule has 0 saturated heterocycles. The topological polar surface area (TPSA) is 144 Å². The smallest absolute Gasteiger partial charge is 0.387 e. The van der Waals surface area contributed by atoms with Gasteiger partial charge in [0.2, 0.25) is 0 Å². The quantitative estimate of drug-likeness (QED) is 0.364. The summed E-state index contributed by atoms with van der Waals surface area (Å²) in [6.45, 7) is -2.65. The second-order valence-corrected chi connectivity index (χ2v) is 9.25. The Kier molecular flexibility index (Phi) is 6.74. The van der Waals surface area contributed by atoms with E-state index >= 15 is 0 Å². The molecule has 1 fully saturated rings. The molecule has 0 aliphatic heterocycles. The van der Waals surface area contributed by atoms with Crippen molar-refractivity contribution >= 4 is 27.1 Å². The number of halogens is 2. The summed E-state index contributed by atoms with van der Waals surface area (Å²) in [5, 5.41) is 19.2. The molecule has 0 radical (unpaired) electrons. The third-order valence-electron chi connectivity index (χ3n) is 5.72.